The summed E-state index contributed by atoms with van der Waals surface area (Å²) in [7, 11) is 1.73. The van der Waals surface area contributed by atoms with E-state index in [1.807, 2.05) is 6.92 Å². The summed E-state index contributed by atoms with van der Waals surface area (Å²) in [5.41, 5.74) is 3.55. The standard InChI is InChI=1S/C16H22N2OS/c1-5-17-15(9-13-10-20-12(3)18-13)14-7-6-11(2)8-16(14)19-4/h6-8,10,15,17H,5,9H2,1-4H3. The van der Waals surface area contributed by atoms with Crippen molar-refractivity contribution in [2.75, 3.05) is 13.7 Å². The van der Waals surface area contributed by atoms with Crippen molar-refractivity contribution in [1.29, 1.82) is 0 Å². The lowest BCUT2D eigenvalue weighted by Gasteiger charge is -2.20. The van der Waals surface area contributed by atoms with Gasteiger partial charge in [0, 0.05) is 23.4 Å². The molecule has 1 atom stereocenters. The second-order valence-electron chi connectivity index (χ2n) is 4.92. The lowest BCUT2D eigenvalue weighted by Crippen LogP contribution is -2.23. The van der Waals surface area contributed by atoms with E-state index in [0.29, 0.717) is 0 Å². The van der Waals surface area contributed by atoms with Crippen molar-refractivity contribution >= 4 is 11.3 Å². The molecule has 2 aromatic rings. The molecule has 0 amide bonds. The Hall–Kier alpha value is -1.39. The molecule has 2 rings (SSSR count). The van der Waals surface area contributed by atoms with Crippen LogP contribution in [-0.4, -0.2) is 18.6 Å². The van der Waals surface area contributed by atoms with Crippen LogP contribution in [0.4, 0.5) is 0 Å². The van der Waals surface area contributed by atoms with E-state index >= 15 is 0 Å². The number of thiazole rings is 1. The molecule has 0 radical (unpaired) electrons. The van der Waals surface area contributed by atoms with E-state index in [4.69, 9.17) is 4.74 Å². The predicted octanol–water partition coefficient (Wildman–Crippen LogP) is 3.66. The van der Waals surface area contributed by atoms with Gasteiger partial charge in [0.15, 0.2) is 0 Å². The maximum absolute atomic E-state index is 5.54. The highest BCUT2D eigenvalue weighted by Gasteiger charge is 2.17. The van der Waals surface area contributed by atoms with Gasteiger partial charge in [0.1, 0.15) is 5.75 Å². The Labute approximate surface area is 125 Å². The minimum Gasteiger partial charge on any atom is -0.496 e. The fraction of sp³-hybridized carbons (Fsp3) is 0.438. The molecule has 0 saturated heterocycles. The number of nitrogens with zero attached hydrogens (tertiary/aromatic N) is 1. The van der Waals surface area contributed by atoms with Crippen molar-refractivity contribution in [2.24, 2.45) is 0 Å². The SMILES string of the molecule is CCNC(Cc1csc(C)n1)c1ccc(C)cc1OC. The van der Waals surface area contributed by atoms with Crippen molar-refractivity contribution in [3.63, 3.8) is 0 Å². The molecule has 0 aliphatic heterocycles. The number of benzene rings is 1. The number of ether oxygens (including phenoxy) is 1. The van der Waals surface area contributed by atoms with Gasteiger partial charge in [-0.25, -0.2) is 4.98 Å². The largest absolute Gasteiger partial charge is 0.496 e. The Balaban J connectivity index is 2.28. The number of aromatic nitrogens is 1. The van der Waals surface area contributed by atoms with E-state index in [1.54, 1.807) is 18.4 Å². The van der Waals surface area contributed by atoms with Crippen LogP contribution in [0.15, 0.2) is 23.6 Å². The molecule has 1 heterocycles. The molecular weight excluding hydrogens is 268 g/mol. The molecule has 20 heavy (non-hydrogen) atoms. The Morgan fingerprint density at radius 2 is 2.15 bits per heavy atom. The lowest BCUT2D eigenvalue weighted by atomic mass is 9.99. The van der Waals surface area contributed by atoms with Crippen LogP contribution in [-0.2, 0) is 6.42 Å². The van der Waals surface area contributed by atoms with Crippen LogP contribution in [0.2, 0.25) is 0 Å². The summed E-state index contributed by atoms with van der Waals surface area (Å²) in [5.74, 6) is 0.947. The first kappa shape index (κ1) is 15.0. The van der Waals surface area contributed by atoms with Crippen molar-refractivity contribution in [2.45, 2.75) is 33.2 Å². The van der Waals surface area contributed by atoms with Crippen LogP contribution in [0.25, 0.3) is 0 Å². The zero-order valence-corrected chi connectivity index (χ0v) is 13.4. The number of aryl methyl sites for hydroxylation is 2. The Morgan fingerprint density at radius 1 is 1.35 bits per heavy atom. The molecule has 1 aromatic heterocycles. The van der Waals surface area contributed by atoms with Crippen LogP contribution in [0.1, 0.15) is 34.8 Å². The molecule has 0 aliphatic rings. The number of rotatable bonds is 6. The Morgan fingerprint density at radius 3 is 2.75 bits per heavy atom. The molecular formula is C16H22N2OS. The monoisotopic (exact) mass is 290 g/mol. The van der Waals surface area contributed by atoms with Gasteiger partial charge in [-0.1, -0.05) is 19.1 Å². The highest BCUT2D eigenvalue weighted by Crippen LogP contribution is 2.29. The zero-order valence-electron chi connectivity index (χ0n) is 12.6. The van der Waals surface area contributed by atoms with Crippen molar-refractivity contribution in [3.05, 3.63) is 45.4 Å². The van der Waals surface area contributed by atoms with E-state index in [-0.39, 0.29) is 6.04 Å². The molecule has 4 heteroatoms. The van der Waals surface area contributed by atoms with Crippen molar-refractivity contribution in [3.8, 4) is 5.75 Å². The Bertz CT molecular complexity index is 565. The summed E-state index contributed by atoms with van der Waals surface area (Å²) in [5, 5.41) is 6.79. The number of likely N-dealkylation sites (N-methyl/N-ethyl adjacent to an activating group) is 1. The lowest BCUT2D eigenvalue weighted by molar-refractivity contribution is 0.398. The molecule has 0 fully saturated rings. The molecule has 0 spiro atoms. The first-order valence-electron chi connectivity index (χ1n) is 6.93. The highest BCUT2D eigenvalue weighted by atomic mass is 32.1. The maximum atomic E-state index is 5.54. The van der Waals surface area contributed by atoms with Crippen molar-refractivity contribution < 1.29 is 4.74 Å². The number of nitrogens with one attached hydrogen (secondary N) is 1. The predicted molar refractivity (Wildman–Crippen MR) is 84.7 cm³/mol. The van der Waals surface area contributed by atoms with E-state index in [0.717, 1.165) is 29.4 Å². The third-order valence-electron chi connectivity index (χ3n) is 3.29. The minimum absolute atomic E-state index is 0.233. The fourth-order valence-corrected chi connectivity index (χ4v) is 2.98. The van der Waals surface area contributed by atoms with E-state index < -0.39 is 0 Å². The second-order valence-corrected chi connectivity index (χ2v) is 5.98. The number of hydrogen-bond donors (Lipinski definition) is 1. The van der Waals surface area contributed by atoms with Gasteiger partial charge in [0.25, 0.3) is 0 Å². The van der Waals surface area contributed by atoms with Gasteiger partial charge < -0.3 is 10.1 Å². The van der Waals surface area contributed by atoms with E-state index in [2.05, 4.69) is 47.7 Å². The first-order chi connectivity index (χ1) is 9.63. The quantitative estimate of drug-likeness (QED) is 0.881. The highest BCUT2D eigenvalue weighted by molar-refractivity contribution is 7.09. The minimum atomic E-state index is 0.233. The van der Waals surface area contributed by atoms with Gasteiger partial charge in [-0.2, -0.15) is 0 Å². The van der Waals surface area contributed by atoms with Crippen LogP contribution in [0.3, 0.4) is 0 Å². The molecule has 3 nitrogen and oxygen atoms in total. The van der Waals surface area contributed by atoms with E-state index in [1.165, 1.54) is 11.1 Å². The van der Waals surface area contributed by atoms with Crippen LogP contribution in [0, 0.1) is 13.8 Å². The molecule has 1 aromatic carbocycles. The topological polar surface area (TPSA) is 34.2 Å². The smallest absolute Gasteiger partial charge is 0.123 e. The summed E-state index contributed by atoms with van der Waals surface area (Å²) in [4.78, 5) is 4.57. The zero-order chi connectivity index (χ0) is 14.5. The van der Waals surface area contributed by atoms with Gasteiger partial charge in [0.2, 0.25) is 0 Å². The van der Waals surface area contributed by atoms with Crippen molar-refractivity contribution in [1.82, 2.24) is 10.3 Å². The third-order valence-corrected chi connectivity index (χ3v) is 4.12. The second kappa shape index (κ2) is 6.86. The average molecular weight is 290 g/mol. The summed E-state index contributed by atoms with van der Waals surface area (Å²) < 4.78 is 5.54. The van der Waals surface area contributed by atoms with Gasteiger partial charge in [0.05, 0.1) is 17.8 Å². The maximum Gasteiger partial charge on any atom is 0.123 e. The molecule has 0 saturated carbocycles. The number of methoxy groups -OCH3 is 1. The van der Waals surface area contributed by atoms with Gasteiger partial charge in [-0.3, -0.25) is 0 Å². The third kappa shape index (κ3) is 3.58. The van der Waals surface area contributed by atoms with Crippen LogP contribution < -0.4 is 10.1 Å². The summed E-state index contributed by atoms with van der Waals surface area (Å²) in [6.45, 7) is 7.17. The van der Waals surface area contributed by atoms with Crippen LogP contribution >= 0.6 is 11.3 Å². The molecule has 1 unspecified atom stereocenters. The fourth-order valence-electron chi connectivity index (χ4n) is 2.36. The number of hydrogen-bond acceptors (Lipinski definition) is 4. The average Bonchev–Trinajstić information content (AvgIpc) is 2.83. The molecule has 1 N–H and O–H groups in total. The molecule has 0 aliphatic carbocycles. The Kier molecular flexibility index (Phi) is 5.15. The summed E-state index contributed by atoms with van der Waals surface area (Å²) >= 11 is 1.70. The first-order valence-corrected chi connectivity index (χ1v) is 7.81. The normalized spacial score (nSPS) is 12.4. The molecule has 0 bridgehead atoms. The van der Waals surface area contributed by atoms with Gasteiger partial charge in [-0.05, 0) is 32.0 Å². The van der Waals surface area contributed by atoms with Gasteiger partial charge in [-0.15, -0.1) is 11.3 Å². The molecule has 108 valence electrons. The van der Waals surface area contributed by atoms with Gasteiger partial charge >= 0.3 is 0 Å². The summed E-state index contributed by atoms with van der Waals surface area (Å²) in [6, 6.07) is 6.61. The van der Waals surface area contributed by atoms with Crippen LogP contribution in [0.5, 0.6) is 5.75 Å². The summed E-state index contributed by atoms with van der Waals surface area (Å²) in [6.07, 6.45) is 0.887. The van der Waals surface area contributed by atoms with E-state index in [9.17, 15) is 0 Å².